The molecule has 0 fully saturated rings. The normalized spacial score (nSPS) is 11.8. The third-order valence-corrected chi connectivity index (χ3v) is 8.71. The smallest absolute Gasteiger partial charge is 0.0622 e. The van der Waals surface area contributed by atoms with Crippen molar-refractivity contribution in [3.63, 3.8) is 0 Å². The van der Waals surface area contributed by atoms with E-state index in [2.05, 4.69) is 26.0 Å². The molecule has 0 saturated carbocycles. The maximum absolute atomic E-state index is 8.82. The van der Waals surface area contributed by atoms with Crippen molar-refractivity contribution < 1.29 is 0 Å². The van der Waals surface area contributed by atoms with Crippen LogP contribution >= 0.6 is 10.0 Å². The van der Waals surface area contributed by atoms with Gasteiger partial charge in [-0.25, -0.2) is 10.0 Å². The molecule has 0 aliphatic carbocycles. The molecule has 122 valence electrons. The molecule has 0 aromatic heterocycles. The fraction of sp³-hybridized carbons (Fsp3) is 0.889. The minimum Gasteiger partial charge on any atom is -0.241 e. The summed E-state index contributed by atoms with van der Waals surface area (Å²) < 4.78 is 0. The molecule has 0 heterocycles. The molecule has 3 heteroatoms. The number of nitriles is 2. The molecule has 2 nitrogen and oxygen atoms in total. The van der Waals surface area contributed by atoms with Crippen LogP contribution in [0, 0.1) is 22.7 Å². The Bertz CT molecular complexity index is 282. The zero-order chi connectivity index (χ0) is 15.8. The van der Waals surface area contributed by atoms with Gasteiger partial charge in [0.2, 0.25) is 0 Å². The molecule has 0 aromatic carbocycles. The standard InChI is InChI=1S/C18H34N2S/c1-3-5-9-15-21(16-10-6-4-2,17-11-7-13-19)18-12-8-14-20/h3-12,15-18H2,1-2H3. The number of hydrogen-bond donors (Lipinski definition) is 0. The first-order chi connectivity index (χ1) is 10.2. The van der Waals surface area contributed by atoms with Gasteiger partial charge in [0.15, 0.2) is 0 Å². The van der Waals surface area contributed by atoms with E-state index in [0.29, 0.717) is 12.8 Å². The number of hydrogen-bond acceptors (Lipinski definition) is 2. The molecular weight excluding hydrogens is 276 g/mol. The molecule has 0 radical (unpaired) electrons. The third-order valence-electron chi connectivity index (χ3n) is 4.09. The summed E-state index contributed by atoms with van der Waals surface area (Å²) in [6.45, 7) is 4.53. The summed E-state index contributed by atoms with van der Waals surface area (Å²) in [6.07, 6.45) is 11.4. The van der Waals surface area contributed by atoms with E-state index in [1.807, 2.05) is 0 Å². The van der Waals surface area contributed by atoms with Gasteiger partial charge in [-0.2, -0.15) is 10.5 Å². The van der Waals surface area contributed by atoms with E-state index in [1.165, 1.54) is 61.5 Å². The summed E-state index contributed by atoms with van der Waals surface area (Å²) in [6, 6.07) is 4.61. The lowest BCUT2D eigenvalue weighted by Gasteiger charge is -2.41. The highest BCUT2D eigenvalue weighted by atomic mass is 32.3. The SMILES string of the molecule is CCCCCS(CCCC#N)(CCCC#N)CCCCC. The van der Waals surface area contributed by atoms with Crippen LogP contribution in [0.2, 0.25) is 0 Å². The van der Waals surface area contributed by atoms with Gasteiger partial charge in [0, 0.05) is 12.8 Å². The van der Waals surface area contributed by atoms with Crippen LogP contribution in [0.15, 0.2) is 0 Å². The summed E-state index contributed by atoms with van der Waals surface area (Å²) >= 11 is 0. The van der Waals surface area contributed by atoms with E-state index in [-0.39, 0.29) is 0 Å². The number of unbranched alkanes of at least 4 members (excludes halogenated alkanes) is 6. The molecule has 21 heavy (non-hydrogen) atoms. The van der Waals surface area contributed by atoms with Crippen molar-refractivity contribution in [2.45, 2.75) is 78.1 Å². The summed E-state index contributed by atoms with van der Waals surface area (Å²) in [5.41, 5.74) is 0. The Hall–Kier alpha value is -0.670. The van der Waals surface area contributed by atoms with E-state index in [1.54, 1.807) is 0 Å². The van der Waals surface area contributed by atoms with E-state index < -0.39 is 10.0 Å². The van der Waals surface area contributed by atoms with Gasteiger partial charge < -0.3 is 0 Å². The summed E-state index contributed by atoms with van der Waals surface area (Å²) in [5.74, 6) is 5.28. The van der Waals surface area contributed by atoms with Crippen molar-refractivity contribution in [1.82, 2.24) is 0 Å². The first-order valence-corrected chi connectivity index (χ1v) is 11.0. The quantitative estimate of drug-likeness (QED) is 0.382. The maximum Gasteiger partial charge on any atom is 0.0622 e. The van der Waals surface area contributed by atoms with Crippen molar-refractivity contribution >= 4 is 10.0 Å². The van der Waals surface area contributed by atoms with Gasteiger partial charge in [-0.05, 0) is 48.7 Å². The first kappa shape index (κ1) is 20.3. The van der Waals surface area contributed by atoms with Gasteiger partial charge in [-0.15, -0.1) is 0 Å². The monoisotopic (exact) mass is 310 g/mol. The molecule has 0 N–H and O–H groups in total. The highest BCUT2D eigenvalue weighted by Gasteiger charge is 2.22. The Morgan fingerprint density at radius 2 is 1.00 bits per heavy atom. The summed E-state index contributed by atoms with van der Waals surface area (Å²) in [5, 5.41) is 17.6. The fourth-order valence-electron chi connectivity index (χ4n) is 2.84. The largest absolute Gasteiger partial charge is 0.241 e. The first-order valence-electron chi connectivity index (χ1n) is 8.72. The van der Waals surface area contributed by atoms with Crippen molar-refractivity contribution in [2.24, 2.45) is 0 Å². The molecule has 0 unspecified atom stereocenters. The molecule has 0 aromatic rings. The zero-order valence-electron chi connectivity index (χ0n) is 14.2. The lowest BCUT2D eigenvalue weighted by atomic mass is 10.3. The van der Waals surface area contributed by atoms with Gasteiger partial charge in [0.05, 0.1) is 12.1 Å². The van der Waals surface area contributed by atoms with Crippen LogP contribution in [0.5, 0.6) is 0 Å². The molecule has 0 bridgehead atoms. The summed E-state index contributed by atoms with van der Waals surface area (Å²) in [7, 11) is -0.588. The average molecular weight is 311 g/mol. The minimum absolute atomic E-state index is 0.588. The summed E-state index contributed by atoms with van der Waals surface area (Å²) in [4.78, 5) is 0. The van der Waals surface area contributed by atoms with Crippen LogP contribution in [0.1, 0.15) is 78.1 Å². The van der Waals surface area contributed by atoms with Crippen LogP contribution < -0.4 is 0 Å². The molecule has 0 rings (SSSR count). The van der Waals surface area contributed by atoms with Gasteiger partial charge in [-0.1, -0.05) is 39.5 Å². The van der Waals surface area contributed by atoms with E-state index in [0.717, 1.165) is 12.8 Å². The second kappa shape index (κ2) is 14.3. The number of nitrogens with zero attached hydrogens (tertiary/aromatic N) is 2. The molecule has 0 amide bonds. The lowest BCUT2D eigenvalue weighted by Crippen LogP contribution is -2.18. The van der Waals surface area contributed by atoms with Crippen LogP contribution in [-0.4, -0.2) is 23.0 Å². The van der Waals surface area contributed by atoms with Crippen molar-refractivity contribution in [3.05, 3.63) is 0 Å². The van der Waals surface area contributed by atoms with Gasteiger partial charge in [0.25, 0.3) is 0 Å². The van der Waals surface area contributed by atoms with Crippen molar-refractivity contribution in [3.8, 4) is 12.1 Å². The lowest BCUT2D eigenvalue weighted by molar-refractivity contribution is 0.757. The Morgan fingerprint density at radius 1 is 0.619 bits per heavy atom. The predicted molar refractivity (Wildman–Crippen MR) is 95.8 cm³/mol. The third kappa shape index (κ3) is 10.7. The van der Waals surface area contributed by atoms with Gasteiger partial charge in [-0.3, -0.25) is 0 Å². The molecular formula is C18H34N2S. The number of rotatable bonds is 14. The molecule has 0 aliphatic heterocycles. The Kier molecular flexibility index (Phi) is 13.8. The van der Waals surface area contributed by atoms with E-state index >= 15 is 0 Å². The second-order valence-corrected chi connectivity index (χ2v) is 10.1. The molecule has 0 spiro atoms. The van der Waals surface area contributed by atoms with Gasteiger partial charge >= 0.3 is 0 Å². The van der Waals surface area contributed by atoms with Crippen LogP contribution in [-0.2, 0) is 0 Å². The molecule has 0 aliphatic rings. The predicted octanol–water partition coefficient (Wildman–Crippen LogP) is 5.78. The molecule has 0 saturated heterocycles. The van der Waals surface area contributed by atoms with Gasteiger partial charge in [0.1, 0.15) is 0 Å². The minimum atomic E-state index is -0.588. The Labute approximate surface area is 134 Å². The van der Waals surface area contributed by atoms with E-state index in [4.69, 9.17) is 10.5 Å². The fourth-order valence-corrected chi connectivity index (χ4v) is 7.21. The zero-order valence-corrected chi connectivity index (χ0v) is 15.0. The molecule has 0 atom stereocenters. The van der Waals surface area contributed by atoms with Crippen molar-refractivity contribution in [1.29, 1.82) is 10.5 Å². The second-order valence-electron chi connectivity index (χ2n) is 5.98. The maximum atomic E-state index is 8.82. The van der Waals surface area contributed by atoms with Crippen LogP contribution in [0.4, 0.5) is 0 Å². The highest BCUT2D eigenvalue weighted by molar-refractivity contribution is 8.33. The van der Waals surface area contributed by atoms with Crippen LogP contribution in [0.3, 0.4) is 0 Å². The highest BCUT2D eigenvalue weighted by Crippen LogP contribution is 2.51. The van der Waals surface area contributed by atoms with Crippen molar-refractivity contribution in [2.75, 3.05) is 23.0 Å². The topological polar surface area (TPSA) is 47.6 Å². The van der Waals surface area contributed by atoms with E-state index in [9.17, 15) is 0 Å². The Balaban J connectivity index is 4.61. The van der Waals surface area contributed by atoms with Crippen LogP contribution in [0.25, 0.3) is 0 Å². The Morgan fingerprint density at radius 3 is 1.33 bits per heavy atom. The average Bonchev–Trinajstić information content (AvgIpc) is 2.48.